The lowest BCUT2D eigenvalue weighted by atomic mass is 10.1. The molecule has 3 rings (SSSR count). The van der Waals surface area contributed by atoms with Crippen LogP contribution in [0.1, 0.15) is 30.9 Å². The molecule has 6 heteroatoms. The van der Waals surface area contributed by atoms with Gasteiger partial charge in [-0.1, -0.05) is 6.07 Å². The maximum atomic E-state index is 12.5. The summed E-state index contributed by atoms with van der Waals surface area (Å²) in [6.45, 7) is 4.10. The van der Waals surface area contributed by atoms with E-state index in [1.165, 1.54) is 5.56 Å². The second-order valence-electron chi connectivity index (χ2n) is 6.55. The quantitative estimate of drug-likeness (QED) is 0.896. The molecule has 23 heavy (non-hydrogen) atoms. The SMILES string of the molecule is C[C@@H]1CN(C(=O)CCS(=O)(=O)c2ccc3c(c2)CCC3)CCN1. The van der Waals surface area contributed by atoms with E-state index in [2.05, 4.69) is 5.32 Å². The minimum Gasteiger partial charge on any atom is -0.340 e. The molecule has 1 saturated heterocycles. The first-order chi connectivity index (χ1) is 11.0. The Bertz CT molecular complexity index is 700. The number of fused-ring (bicyclic) bond motifs is 1. The van der Waals surface area contributed by atoms with Gasteiger partial charge >= 0.3 is 0 Å². The molecule has 126 valence electrons. The Morgan fingerprint density at radius 1 is 1.30 bits per heavy atom. The Kier molecular flexibility index (Phi) is 4.73. The van der Waals surface area contributed by atoms with Crippen molar-refractivity contribution in [2.45, 2.75) is 43.5 Å². The molecule has 0 bridgehead atoms. The number of hydrogen-bond acceptors (Lipinski definition) is 4. The summed E-state index contributed by atoms with van der Waals surface area (Å²) in [4.78, 5) is 14.4. The number of amides is 1. The zero-order valence-electron chi connectivity index (χ0n) is 13.5. The highest BCUT2D eigenvalue weighted by atomic mass is 32.2. The van der Waals surface area contributed by atoms with Gasteiger partial charge in [-0.3, -0.25) is 4.79 Å². The van der Waals surface area contributed by atoms with E-state index in [1.54, 1.807) is 17.0 Å². The van der Waals surface area contributed by atoms with Crippen molar-refractivity contribution in [1.82, 2.24) is 10.2 Å². The van der Waals surface area contributed by atoms with E-state index in [0.29, 0.717) is 18.0 Å². The number of carbonyl (C=O) groups is 1. The average Bonchev–Trinajstić information content (AvgIpc) is 3.00. The van der Waals surface area contributed by atoms with Crippen LogP contribution in [0.2, 0.25) is 0 Å². The van der Waals surface area contributed by atoms with Crippen LogP contribution < -0.4 is 5.32 Å². The Morgan fingerprint density at radius 3 is 2.87 bits per heavy atom. The molecule has 0 radical (unpaired) electrons. The van der Waals surface area contributed by atoms with E-state index >= 15 is 0 Å². The van der Waals surface area contributed by atoms with Gasteiger partial charge in [0.2, 0.25) is 5.91 Å². The fourth-order valence-electron chi connectivity index (χ4n) is 3.40. The van der Waals surface area contributed by atoms with E-state index in [9.17, 15) is 13.2 Å². The second kappa shape index (κ2) is 6.61. The van der Waals surface area contributed by atoms with Gasteiger partial charge in [0.05, 0.1) is 10.6 Å². The second-order valence-corrected chi connectivity index (χ2v) is 8.66. The van der Waals surface area contributed by atoms with Crippen LogP contribution in [-0.2, 0) is 27.5 Å². The van der Waals surface area contributed by atoms with Gasteiger partial charge in [0.15, 0.2) is 9.84 Å². The van der Waals surface area contributed by atoms with Crippen molar-refractivity contribution in [2.75, 3.05) is 25.4 Å². The van der Waals surface area contributed by atoms with E-state index in [4.69, 9.17) is 0 Å². The zero-order chi connectivity index (χ0) is 16.4. The van der Waals surface area contributed by atoms with Crippen molar-refractivity contribution in [2.24, 2.45) is 0 Å². The molecule has 1 fully saturated rings. The number of carbonyl (C=O) groups excluding carboxylic acids is 1. The van der Waals surface area contributed by atoms with Gasteiger partial charge in [-0.05, 0) is 49.4 Å². The topological polar surface area (TPSA) is 66.5 Å². The van der Waals surface area contributed by atoms with Crippen LogP contribution >= 0.6 is 0 Å². The Hall–Kier alpha value is -1.40. The molecule has 1 atom stereocenters. The highest BCUT2D eigenvalue weighted by Crippen LogP contribution is 2.25. The lowest BCUT2D eigenvalue weighted by molar-refractivity contribution is -0.131. The summed E-state index contributed by atoms with van der Waals surface area (Å²) >= 11 is 0. The fourth-order valence-corrected chi connectivity index (χ4v) is 4.67. The normalized spacial score (nSPS) is 21.3. The van der Waals surface area contributed by atoms with Crippen molar-refractivity contribution >= 4 is 15.7 Å². The summed E-state index contributed by atoms with van der Waals surface area (Å²) < 4.78 is 25.0. The predicted molar refractivity (Wildman–Crippen MR) is 89.2 cm³/mol. The maximum Gasteiger partial charge on any atom is 0.223 e. The number of aryl methyl sites for hydroxylation is 2. The minimum absolute atomic E-state index is 0.0616. The largest absolute Gasteiger partial charge is 0.340 e. The lowest BCUT2D eigenvalue weighted by Gasteiger charge is -2.31. The van der Waals surface area contributed by atoms with Crippen molar-refractivity contribution in [3.8, 4) is 0 Å². The maximum absolute atomic E-state index is 12.5. The van der Waals surface area contributed by atoms with Crippen LogP contribution in [0.25, 0.3) is 0 Å². The Balaban J connectivity index is 1.63. The van der Waals surface area contributed by atoms with E-state index in [0.717, 1.165) is 31.4 Å². The summed E-state index contributed by atoms with van der Waals surface area (Å²) in [6, 6.07) is 5.68. The summed E-state index contributed by atoms with van der Waals surface area (Å²) in [7, 11) is -3.39. The van der Waals surface area contributed by atoms with Crippen LogP contribution in [0.3, 0.4) is 0 Å². The molecule has 1 heterocycles. The van der Waals surface area contributed by atoms with Crippen LogP contribution in [0.5, 0.6) is 0 Å². The van der Waals surface area contributed by atoms with E-state index in [-0.39, 0.29) is 24.1 Å². The van der Waals surface area contributed by atoms with Gasteiger partial charge in [0.1, 0.15) is 0 Å². The number of piperazine rings is 1. The molecule has 0 aromatic heterocycles. The molecule has 1 aliphatic heterocycles. The third kappa shape index (κ3) is 3.75. The number of hydrogen-bond donors (Lipinski definition) is 1. The van der Waals surface area contributed by atoms with Crippen molar-refractivity contribution in [3.63, 3.8) is 0 Å². The number of nitrogens with zero attached hydrogens (tertiary/aromatic N) is 1. The summed E-state index contributed by atoms with van der Waals surface area (Å²) in [5.41, 5.74) is 2.41. The number of nitrogens with one attached hydrogen (secondary N) is 1. The van der Waals surface area contributed by atoms with Crippen LogP contribution in [-0.4, -0.2) is 50.7 Å². The van der Waals surface area contributed by atoms with Crippen LogP contribution in [0, 0.1) is 0 Å². The number of benzene rings is 1. The Morgan fingerprint density at radius 2 is 2.09 bits per heavy atom. The van der Waals surface area contributed by atoms with Gasteiger partial charge in [-0.2, -0.15) is 0 Å². The minimum atomic E-state index is -3.39. The summed E-state index contributed by atoms with van der Waals surface area (Å²) in [5.74, 6) is -0.175. The lowest BCUT2D eigenvalue weighted by Crippen LogP contribution is -2.51. The first kappa shape index (κ1) is 16.5. The first-order valence-corrected chi connectivity index (χ1v) is 9.97. The molecule has 1 aromatic rings. The third-order valence-electron chi connectivity index (χ3n) is 4.74. The van der Waals surface area contributed by atoms with Gasteiger partial charge in [0, 0.05) is 32.1 Å². The number of sulfone groups is 1. The van der Waals surface area contributed by atoms with Crippen molar-refractivity contribution < 1.29 is 13.2 Å². The zero-order valence-corrected chi connectivity index (χ0v) is 14.4. The Labute approximate surface area is 138 Å². The standard InChI is InChI=1S/C17H24N2O3S/c1-13-12-19(9-8-18-13)17(20)7-10-23(21,22)16-6-5-14-3-2-4-15(14)11-16/h5-6,11,13,18H,2-4,7-10,12H2,1H3/t13-/m1/s1. The molecule has 1 aromatic carbocycles. The molecule has 1 N–H and O–H groups in total. The van der Waals surface area contributed by atoms with Gasteiger partial charge in [0.25, 0.3) is 0 Å². The monoisotopic (exact) mass is 336 g/mol. The smallest absolute Gasteiger partial charge is 0.223 e. The number of rotatable bonds is 4. The van der Waals surface area contributed by atoms with Crippen LogP contribution in [0.4, 0.5) is 0 Å². The molecule has 2 aliphatic rings. The molecule has 0 spiro atoms. The fraction of sp³-hybridized carbons (Fsp3) is 0.588. The van der Waals surface area contributed by atoms with Gasteiger partial charge < -0.3 is 10.2 Å². The molecule has 5 nitrogen and oxygen atoms in total. The molecule has 0 saturated carbocycles. The molecular formula is C17H24N2O3S. The van der Waals surface area contributed by atoms with Gasteiger partial charge in [-0.15, -0.1) is 0 Å². The van der Waals surface area contributed by atoms with Crippen molar-refractivity contribution in [3.05, 3.63) is 29.3 Å². The van der Waals surface area contributed by atoms with E-state index in [1.807, 2.05) is 13.0 Å². The van der Waals surface area contributed by atoms with Crippen molar-refractivity contribution in [1.29, 1.82) is 0 Å². The molecule has 0 unspecified atom stereocenters. The highest BCUT2D eigenvalue weighted by molar-refractivity contribution is 7.91. The molecule has 1 amide bonds. The predicted octanol–water partition coefficient (Wildman–Crippen LogP) is 1.16. The average molecular weight is 336 g/mol. The third-order valence-corrected chi connectivity index (χ3v) is 6.45. The molecule has 1 aliphatic carbocycles. The molecular weight excluding hydrogens is 312 g/mol. The van der Waals surface area contributed by atoms with Gasteiger partial charge in [-0.25, -0.2) is 8.42 Å². The van der Waals surface area contributed by atoms with Crippen LogP contribution in [0.15, 0.2) is 23.1 Å². The first-order valence-electron chi connectivity index (χ1n) is 8.31. The van der Waals surface area contributed by atoms with E-state index < -0.39 is 9.84 Å². The summed E-state index contributed by atoms with van der Waals surface area (Å²) in [6.07, 6.45) is 3.15. The highest BCUT2D eigenvalue weighted by Gasteiger charge is 2.24. The summed E-state index contributed by atoms with van der Waals surface area (Å²) in [5, 5.41) is 3.28.